The van der Waals surface area contributed by atoms with E-state index in [1.807, 2.05) is 35.4 Å². The third kappa shape index (κ3) is 3.18. The molecule has 5 rings (SSSR count). The van der Waals surface area contributed by atoms with Crippen LogP contribution in [0.4, 0.5) is 13.2 Å². The first kappa shape index (κ1) is 18.2. The Morgan fingerprint density at radius 3 is 2.86 bits per heavy atom. The van der Waals surface area contributed by atoms with Crippen LogP contribution < -0.4 is 5.32 Å². The van der Waals surface area contributed by atoms with Gasteiger partial charge in [0, 0.05) is 30.2 Å². The first-order valence-electron chi connectivity index (χ1n) is 9.61. The molecular formula is C21H19F3N4O. The van der Waals surface area contributed by atoms with E-state index in [0.717, 1.165) is 29.8 Å². The van der Waals surface area contributed by atoms with Gasteiger partial charge in [-0.1, -0.05) is 12.1 Å². The van der Waals surface area contributed by atoms with Gasteiger partial charge in [-0.3, -0.25) is 10.1 Å². The van der Waals surface area contributed by atoms with Crippen molar-refractivity contribution in [1.82, 2.24) is 15.2 Å². The number of piperidine rings is 1. The molecule has 150 valence electrons. The topological polar surface area (TPSA) is 60.5 Å². The average molecular weight is 400 g/mol. The summed E-state index contributed by atoms with van der Waals surface area (Å²) < 4.78 is 38.1. The van der Waals surface area contributed by atoms with Crippen molar-refractivity contribution in [2.75, 3.05) is 6.54 Å². The van der Waals surface area contributed by atoms with Gasteiger partial charge in [0.1, 0.15) is 11.7 Å². The number of carbonyl (C=O) groups excluding carboxylic acids is 1. The zero-order valence-electron chi connectivity index (χ0n) is 15.4. The summed E-state index contributed by atoms with van der Waals surface area (Å²) in [6.07, 6.45) is 1.00. The third-order valence-corrected chi connectivity index (χ3v) is 6.02. The molecule has 2 bridgehead atoms. The van der Waals surface area contributed by atoms with Crippen molar-refractivity contribution in [3.63, 3.8) is 0 Å². The number of likely N-dealkylation sites (tertiary alicyclic amines) is 1. The summed E-state index contributed by atoms with van der Waals surface area (Å²) in [6, 6.07) is 7.59. The lowest BCUT2D eigenvalue weighted by molar-refractivity contribution is -0.0868. The molecule has 4 unspecified atom stereocenters. The predicted octanol–water partition coefficient (Wildman–Crippen LogP) is 3.41. The fourth-order valence-electron chi connectivity index (χ4n) is 4.73. The molecule has 1 saturated heterocycles. The van der Waals surface area contributed by atoms with Gasteiger partial charge in [-0.25, -0.2) is 4.99 Å². The molecule has 29 heavy (non-hydrogen) atoms. The van der Waals surface area contributed by atoms with E-state index in [2.05, 4.69) is 21.2 Å². The lowest BCUT2D eigenvalue weighted by Crippen LogP contribution is -2.52. The Morgan fingerprint density at radius 2 is 2.14 bits per heavy atom. The lowest BCUT2D eigenvalue weighted by Gasteiger charge is -2.35. The molecule has 2 N–H and O–H groups in total. The van der Waals surface area contributed by atoms with E-state index in [1.54, 1.807) is 0 Å². The summed E-state index contributed by atoms with van der Waals surface area (Å²) in [5.41, 5.74) is 0.598. The number of benzene rings is 1. The first-order valence-corrected chi connectivity index (χ1v) is 9.61. The fraction of sp³-hybridized carbons (Fsp3) is 0.381. The number of fused-ring (bicyclic) bond motifs is 3. The number of amides is 1. The Bertz CT molecular complexity index is 1060. The maximum atomic E-state index is 13.2. The van der Waals surface area contributed by atoms with Crippen LogP contribution in [0.1, 0.15) is 23.2 Å². The van der Waals surface area contributed by atoms with E-state index in [1.165, 1.54) is 6.08 Å². The van der Waals surface area contributed by atoms with Crippen LogP contribution in [0.2, 0.25) is 0 Å². The number of halogens is 3. The lowest BCUT2D eigenvalue weighted by atomic mass is 10.0. The molecule has 4 atom stereocenters. The number of aromatic nitrogens is 1. The largest absolute Gasteiger partial charge is 0.425 e. The second-order valence-corrected chi connectivity index (χ2v) is 7.84. The molecule has 3 aliphatic rings. The molecule has 3 heterocycles. The molecule has 2 aliphatic heterocycles. The minimum absolute atomic E-state index is 0.00631. The Hall–Kier alpha value is -2.83. The van der Waals surface area contributed by atoms with E-state index in [4.69, 9.17) is 0 Å². The summed E-state index contributed by atoms with van der Waals surface area (Å²) in [7, 11) is 0. The van der Waals surface area contributed by atoms with Gasteiger partial charge in [-0.15, -0.1) is 0 Å². The Balaban J connectivity index is 1.33. The minimum atomic E-state index is -4.44. The van der Waals surface area contributed by atoms with Gasteiger partial charge < -0.3 is 9.88 Å². The highest BCUT2D eigenvalue weighted by Crippen LogP contribution is 2.39. The number of aromatic amines is 1. The molecule has 0 spiro atoms. The van der Waals surface area contributed by atoms with E-state index >= 15 is 0 Å². The minimum Gasteiger partial charge on any atom is -0.361 e. The molecule has 0 radical (unpaired) electrons. The Kier molecular flexibility index (Phi) is 4.15. The Labute approximate surface area is 165 Å². The molecular weight excluding hydrogens is 381 g/mol. The molecule has 2 aromatic rings. The van der Waals surface area contributed by atoms with Crippen LogP contribution in [-0.2, 0) is 0 Å². The standard InChI is InChI=1S/C21H19F3N4O/c22-21(23,24)14-4-5-18(26-10-14)27-16-8-12-9-17(16)28(11-12)20(29)15-3-1-2-13-6-7-25-19(13)15/h1-7,12,16-18,25,27H,8-9,11H2. The van der Waals surface area contributed by atoms with Crippen LogP contribution in [0.25, 0.3) is 10.9 Å². The number of nitrogens with zero attached hydrogens (tertiary/aromatic N) is 2. The van der Waals surface area contributed by atoms with Crippen LogP contribution in [-0.4, -0.2) is 52.6 Å². The van der Waals surface area contributed by atoms with Crippen molar-refractivity contribution >= 4 is 22.7 Å². The summed E-state index contributed by atoms with van der Waals surface area (Å²) in [5, 5.41) is 4.28. The molecule has 1 aromatic heterocycles. The highest BCUT2D eigenvalue weighted by molar-refractivity contribution is 6.06. The monoisotopic (exact) mass is 400 g/mol. The van der Waals surface area contributed by atoms with Gasteiger partial charge in [0.2, 0.25) is 0 Å². The first-order chi connectivity index (χ1) is 13.9. The number of allylic oxidation sites excluding steroid dienone is 2. The molecule has 1 amide bonds. The molecule has 8 heteroatoms. The summed E-state index contributed by atoms with van der Waals surface area (Å²) in [4.78, 5) is 22.2. The number of aliphatic imine (C=N–C) groups is 1. The van der Waals surface area contributed by atoms with Gasteiger partial charge in [0.25, 0.3) is 5.91 Å². The number of H-pyrrole nitrogens is 1. The van der Waals surface area contributed by atoms with Crippen LogP contribution in [0.5, 0.6) is 0 Å². The fourth-order valence-corrected chi connectivity index (χ4v) is 4.73. The van der Waals surface area contributed by atoms with Crippen LogP contribution >= 0.6 is 0 Å². The maximum absolute atomic E-state index is 13.2. The smallest absolute Gasteiger partial charge is 0.361 e. The highest BCUT2D eigenvalue weighted by Gasteiger charge is 2.47. The molecule has 5 nitrogen and oxygen atoms in total. The van der Waals surface area contributed by atoms with Gasteiger partial charge in [0.15, 0.2) is 0 Å². The van der Waals surface area contributed by atoms with Crippen molar-refractivity contribution in [2.45, 2.75) is 37.3 Å². The summed E-state index contributed by atoms with van der Waals surface area (Å²) in [6.45, 7) is 0.709. The molecule has 1 aromatic carbocycles. The summed E-state index contributed by atoms with van der Waals surface area (Å²) >= 11 is 0. The number of nitrogens with one attached hydrogen (secondary N) is 2. The molecule has 2 fully saturated rings. The maximum Gasteiger partial charge on any atom is 0.425 e. The van der Waals surface area contributed by atoms with Crippen molar-refractivity contribution in [3.05, 3.63) is 53.8 Å². The van der Waals surface area contributed by atoms with Crippen molar-refractivity contribution in [2.24, 2.45) is 10.9 Å². The van der Waals surface area contributed by atoms with Gasteiger partial charge in [0.05, 0.1) is 11.1 Å². The summed E-state index contributed by atoms with van der Waals surface area (Å²) in [5.74, 6) is 2.46. The second kappa shape index (κ2) is 6.61. The van der Waals surface area contributed by atoms with Crippen molar-refractivity contribution in [1.29, 1.82) is 0 Å². The van der Waals surface area contributed by atoms with E-state index in [9.17, 15) is 18.0 Å². The number of para-hydroxylation sites is 1. The predicted molar refractivity (Wildman–Crippen MR) is 103 cm³/mol. The van der Waals surface area contributed by atoms with E-state index < -0.39 is 17.9 Å². The number of carbonyl (C=O) groups is 1. The second-order valence-electron chi connectivity index (χ2n) is 7.84. The average Bonchev–Trinajstić information content (AvgIpc) is 3.42. The number of hydrogen-bond donors (Lipinski definition) is 2. The van der Waals surface area contributed by atoms with Gasteiger partial charge in [-0.2, -0.15) is 13.2 Å². The Morgan fingerprint density at radius 1 is 1.28 bits per heavy atom. The quantitative estimate of drug-likeness (QED) is 0.830. The zero-order valence-corrected chi connectivity index (χ0v) is 15.4. The van der Waals surface area contributed by atoms with Crippen molar-refractivity contribution in [3.8, 4) is 0 Å². The van der Waals surface area contributed by atoms with Gasteiger partial charge in [-0.05, 0) is 48.9 Å². The number of hydrogen-bond acceptors (Lipinski definition) is 3. The van der Waals surface area contributed by atoms with Crippen molar-refractivity contribution < 1.29 is 18.0 Å². The normalized spacial score (nSPS) is 28.4. The number of alkyl halides is 3. The molecule has 1 saturated carbocycles. The SMILES string of the molecule is O=C(c1cccc2cc[nH]c12)N1CC2CC(NC3C=CC(C(F)(F)F)=C=N3)C1C2. The zero-order chi connectivity index (χ0) is 20.2. The van der Waals surface area contributed by atoms with E-state index in [0.29, 0.717) is 18.0 Å². The third-order valence-electron chi connectivity index (χ3n) is 6.02. The molecule has 1 aliphatic carbocycles. The van der Waals surface area contributed by atoms with E-state index in [-0.39, 0.29) is 18.0 Å². The van der Waals surface area contributed by atoms with Crippen LogP contribution in [0.15, 0.2) is 53.2 Å². The van der Waals surface area contributed by atoms with Crippen LogP contribution in [0, 0.1) is 5.92 Å². The van der Waals surface area contributed by atoms with Gasteiger partial charge >= 0.3 is 6.18 Å². The highest BCUT2D eigenvalue weighted by atomic mass is 19.4. The number of rotatable bonds is 3. The van der Waals surface area contributed by atoms with Crippen LogP contribution in [0.3, 0.4) is 0 Å².